The first-order chi connectivity index (χ1) is 9.16. The van der Waals surface area contributed by atoms with Crippen LogP contribution in [0.3, 0.4) is 0 Å². The van der Waals surface area contributed by atoms with Crippen LogP contribution in [0.1, 0.15) is 17.0 Å². The van der Waals surface area contributed by atoms with Crippen molar-refractivity contribution in [3.63, 3.8) is 0 Å². The maximum Gasteiger partial charge on any atom is 0.258 e. The minimum atomic E-state index is 0.0750. The molecule has 19 heavy (non-hydrogen) atoms. The van der Waals surface area contributed by atoms with Gasteiger partial charge < -0.3 is 4.90 Å². The van der Waals surface area contributed by atoms with Gasteiger partial charge in [0.05, 0.1) is 12.2 Å². The summed E-state index contributed by atoms with van der Waals surface area (Å²) in [5.41, 5.74) is 2.61. The predicted molar refractivity (Wildman–Crippen MR) is 73.3 cm³/mol. The molecule has 5 heteroatoms. The standard InChI is InChI=1S/C14H16N4O/c1-10-11(2)16-14-17(7-8-18(14)13(10)19)9-12-5-3-4-6-15-12/h3-6H,7-9H2,1-2H3. The van der Waals surface area contributed by atoms with E-state index in [4.69, 9.17) is 0 Å². The third-order valence-corrected chi connectivity index (χ3v) is 3.57. The fourth-order valence-electron chi connectivity index (χ4n) is 2.34. The molecule has 0 aromatic carbocycles. The van der Waals surface area contributed by atoms with Crippen molar-refractivity contribution in [3.05, 3.63) is 51.7 Å². The van der Waals surface area contributed by atoms with E-state index in [2.05, 4.69) is 14.9 Å². The lowest BCUT2D eigenvalue weighted by Crippen LogP contribution is -2.25. The summed E-state index contributed by atoms with van der Waals surface area (Å²) < 4.78 is 1.76. The van der Waals surface area contributed by atoms with Gasteiger partial charge in [-0.2, -0.15) is 0 Å². The van der Waals surface area contributed by atoms with Gasteiger partial charge in [-0.3, -0.25) is 14.3 Å². The van der Waals surface area contributed by atoms with Crippen molar-refractivity contribution in [1.29, 1.82) is 0 Å². The largest absolute Gasteiger partial charge is 0.334 e. The average molecular weight is 256 g/mol. The van der Waals surface area contributed by atoms with Gasteiger partial charge in [-0.15, -0.1) is 0 Å². The zero-order valence-electron chi connectivity index (χ0n) is 11.1. The maximum absolute atomic E-state index is 12.2. The SMILES string of the molecule is Cc1nc2n(c(=O)c1C)CCN2Cc1ccccn1. The van der Waals surface area contributed by atoms with Crippen LogP contribution in [0.2, 0.25) is 0 Å². The van der Waals surface area contributed by atoms with Crippen LogP contribution < -0.4 is 10.5 Å². The van der Waals surface area contributed by atoms with Gasteiger partial charge in [0.25, 0.3) is 5.56 Å². The van der Waals surface area contributed by atoms with Crippen molar-refractivity contribution < 1.29 is 0 Å². The molecule has 98 valence electrons. The van der Waals surface area contributed by atoms with Gasteiger partial charge in [0.2, 0.25) is 5.95 Å². The molecule has 0 bridgehead atoms. The van der Waals surface area contributed by atoms with E-state index >= 15 is 0 Å². The summed E-state index contributed by atoms with van der Waals surface area (Å²) in [4.78, 5) is 23.1. The van der Waals surface area contributed by atoms with Gasteiger partial charge >= 0.3 is 0 Å². The lowest BCUT2D eigenvalue weighted by Gasteiger charge is -2.17. The molecule has 0 N–H and O–H groups in total. The second kappa shape index (κ2) is 4.50. The van der Waals surface area contributed by atoms with Crippen molar-refractivity contribution in [2.24, 2.45) is 0 Å². The average Bonchev–Trinajstić information content (AvgIpc) is 2.81. The molecule has 0 amide bonds. The minimum absolute atomic E-state index is 0.0750. The van der Waals surface area contributed by atoms with E-state index in [0.717, 1.165) is 29.4 Å². The lowest BCUT2D eigenvalue weighted by atomic mass is 10.3. The van der Waals surface area contributed by atoms with Crippen LogP contribution in [0.5, 0.6) is 0 Å². The highest BCUT2D eigenvalue weighted by atomic mass is 16.1. The number of nitrogens with zero attached hydrogens (tertiary/aromatic N) is 4. The van der Waals surface area contributed by atoms with Crippen LogP contribution in [0.4, 0.5) is 5.95 Å². The predicted octanol–water partition coefficient (Wildman–Crippen LogP) is 1.28. The van der Waals surface area contributed by atoms with Crippen LogP contribution in [0, 0.1) is 13.8 Å². The summed E-state index contributed by atoms with van der Waals surface area (Å²) in [6.45, 7) is 5.92. The fraction of sp³-hybridized carbons (Fsp3) is 0.357. The molecule has 0 saturated carbocycles. The summed E-state index contributed by atoms with van der Waals surface area (Å²) in [5.74, 6) is 0.763. The van der Waals surface area contributed by atoms with Gasteiger partial charge in [0.15, 0.2) is 0 Å². The molecular weight excluding hydrogens is 240 g/mol. The van der Waals surface area contributed by atoms with Crippen LogP contribution in [-0.4, -0.2) is 21.1 Å². The summed E-state index contributed by atoms with van der Waals surface area (Å²) in [5, 5.41) is 0. The number of fused-ring (bicyclic) bond motifs is 1. The second-order valence-corrected chi connectivity index (χ2v) is 4.82. The Morgan fingerprint density at radius 1 is 1.26 bits per heavy atom. The third kappa shape index (κ3) is 2.01. The fourth-order valence-corrected chi connectivity index (χ4v) is 2.34. The van der Waals surface area contributed by atoms with Gasteiger partial charge in [-0.05, 0) is 26.0 Å². The Bertz CT molecular complexity index is 663. The molecule has 2 aromatic heterocycles. The molecule has 0 atom stereocenters. The first-order valence-electron chi connectivity index (χ1n) is 6.39. The first-order valence-corrected chi connectivity index (χ1v) is 6.39. The molecular formula is C14H16N4O. The van der Waals surface area contributed by atoms with Gasteiger partial charge in [0.1, 0.15) is 0 Å². The summed E-state index contributed by atoms with van der Waals surface area (Å²) in [6.07, 6.45) is 1.78. The van der Waals surface area contributed by atoms with E-state index in [1.807, 2.05) is 32.0 Å². The number of hydrogen-bond donors (Lipinski definition) is 0. The molecule has 3 rings (SSSR count). The number of anilines is 1. The lowest BCUT2D eigenvalue weighted by molar-refractivity contribution is 0.738. The quantitative estimate of drug-likeness (QED) is 0.812. The molecule has 0 fully saturated rings. The van der Waals surface area contributed by atoms with Gasteiger partial charge in [0, 0.05) is 30.5 Å². The van der Waals surface area contributed by atoms with Crippen molar-refractivity contribution in [1.82, 2.24) is 14.5 Å². The highest BCUT2D eigenvalue weighted by Gasteiger charge is 2.23. The van der Waals surface area contributed by atoms with E-state index in [9.17, 15) is 4.79 Å². The smallest absolute Gasteiger partial charge is 0.258 e. The zero-order valence-corrected chi connectivity index (χ0v) is 11.1. The Balaban J connectivity index is 1.97. The van der Waals surface area contributed by atoms with E-state index in [1.54, 1.807) is 10.8 Å². The highest BCUT2D eigenvalue weighted by Crippen LogP contribution is 2.19. The topological polar surface area (TPSA) is 51.0 Å². The molecule has 0 saturated heterocycles. The van der Waals surface area contributed by atoms with Crippen molar-refractivity contribution in [2.45, 2.75) is 26.9 Å². The molecule has 2 aromatic rings. The van der Waals surface area contributed by atoms with Crippen LogP contribution in [-0.2, 0) is 13.1 Å². The number of pyridine rings is 1. The minimum Gasteiger partial charge on any atom is -0.334 e. The Kier molecular flexibility index (Phi) is 2.81. The molecule has 0 spiro atoms. The second-order valence-electron chi connectivity index (χ2n) is 4.82. The van der Waals surface area contributed by atoms with E-state index in [0.29, 0.717) is 13.1 Å². The summed E-state index contributed by atoms with van der Waals surface area (Å²) in [6, 6.07) is 5.86. The third-order valence-electron chi connectivity index (χ3n) is 3.57. The molecule has 1 aliphatic heterocycles. The van der Waals surface area contributed by atoms with E-state index in [1.165, 1.54) is 0 Å². The normalized spacial score (nSPS) is 13.7. The molecule has 0 radical (unpaired) electrons. The molecule has 3 heterocycles. The molecule has 0 unspecified atom stereocenters. The van der Waals surface area contributed by atoms with Crippen LogP contribution in [0.15, 0.2) is 29.2 Å². The highest BCUT2D eigenvalue weighted by molar-refractivity contribution is 5.38. The number of hydrogen-bond acceptors (Lipinski definition) is 4. The number of aromatic nitrogens is 3. The van der Waals surface area contributed by atoms with Gasteiger partial charge in [-0.25, -0.2) is 4.98 Å². The monoisotopic (exact) mass is 256 g/mol. The van der Waals surface area contributed by atoms with E-state index in [-0.39, 0.29) is 5.56 Å². The van der Waals surface area contributed by atoms with Crippen molar-refractivity contribution in [2.75, 3.05) is 11.4 Å². The molecule has 1 aliphatic rings. The summed E-state index contributed by atoms with van der Waals surface area (Å²) in [7, 11) is 0. The number of aryl methyl sites for hydroxylation is 1. The Labute approximate surface area is 111 Å². The van der Waals surface area contributed by atoms with Crippen molar-refractivity contribution >= 4 is 5.95 Å². The first kappa shape index (κ1) is 11.9. The van der Waals surface area contributed by atoms with Gasteiger partial charge in [-0.1, -0.05) is 6.07 Å². The number of rotatable bonds is 2. The molecule has 5 nitrogen and oxygen atoms in total. The zero-order chi connectivity index (χ0) is 13.4. The van der Waals surface area contributed by atoms with E-state index < -0.39 is 0 Å². The maximum atomic E-state index is 12.2. The Morgan fingerprint density at radius 3 is 2.84 bits per heavy atom. The Morgan fingerprint density at radius 2 is 2.11 bits per heavy atom. The summed E-state index contributed by atoms with van der Waals surface area (Å²) >= 11 is 0. The Hall–Kier alpha value is -2.17. The van der Waals surface area contributed by atoms with Crippen molar-refractivity contribution in [3.8, 4) is 0 Å². The van der Waals surface area contributed by atoms with Crippen LogP contribution >= 0.6 is 0 Å². The van der Waals surface area contributed by atoms with Crippen LogP contribution in [0.25, 0.3) is 0 Å². The molecule has 0 aliphatic carbocycles.